The zero-order valence-electron chi connectivity index (χ0n) is 11.5. The molecule has 108 valence electrons. The van der Waals surface area contributed by atoms with Gasteiger partial charge in [-0.15, -0.1) is 0 Å². The van der Waals surface area contributed by atoms with Crippen LogP contribution in [0.15, 0.2) is 60.8 Å². The zero-order chi connectivity index (χ0) is 15.2. The van der Waals surface area contributed by atoms with Crippen molar-refractivity contribution in [3.05, 3.63) is 82.0 Å². The molecule has 2 rings (SSSR count). The van der Waals surface area contributed by atoms with Gasteiger partial charge >= 0.3 is 0 Å². The van der Waals surface area contributed by atoms with Crippen molar-refractivity contribution >= 4 is 29.0 Å². The number of benzene rings is 2. The molecule has 0 saturated heterocycles. The van der Waals surface area contributed by atoms with Crippen LogP contribution in [0.1, 0.15) is 28.9 Å². The summed E-state index contributed by atoms with van der Waals surface area (Å²) in [6, 6.07) is 14.9. The minimum absolute atomic E-state index is 0.121. The quantitative estimate of drug-likeness (QED) is 0.617. The van der Waals surface area contributed by atoms with Crippen LogP contribution in [-0.2, 0) is 0 Å². The third-order valence-electron chi connectivity index (χ3n) is 3.08. The maximum atomic E-state index is 12.0. The first-order valence-electron chi connectivity index (χ1n) is 6.55. The van der Waals surface area contributed by atoms with Crippen molar-refractivity contribution in [2.24, 2.45) is 0 Å². The molecule has 0 fully saturated rings. The van der Waals surface area contributed by atoms with Crippen LogP contribution in [0.25, 0.3) is 0 Å². The minimum atomic E-state index is -0.163. The molecule has 1 atom stereocenters. The van der Waals surface area contributed by atoms with E-state index in [9.17, 15) is 4.79 Å². The Morgan fingerprint density at radius 3 is 2.52 bits per heavy atom. The van der Waals surface area contributed by atoms with Crippen molar-refractivity contribution < 1.29 is 4.79 Å². The summed E-state index contributed by atoms with van der Waals surface area (Å²) >= 11 is 11.8. The van der Waals surface area contributed by atoms with Gasteiger partial charge < -0.3 is 5.32 Å². The largest absolute Gasteiger partial charge is 0.384 e. The lowest BCUT2D eigenvalue weighted by atomic mass is 10.1. The number of hydrogen-bond acceptors (Lipinski definition) is 2. The molecule has 1 N–H and O–H groups in total. The van der Waals surface area contributed by atoms with Crippen LogP contribution in [0.2, 0.25) is 10.0 Å². The number of ketones is 1. The van der Waals surface area contributed by atoms with Gasteiger partial charge in [0.1, 0.15) is 0 Å². The van der Waals surface area contributed by atoms with Crippen molar-refractivity contribution in [1.29, 1.82) is 0 Å². The van der Waals surface area contributed by atoms with E-state index in [0.29, 0.717) is 15.6 Å². The molecule has 2 nitrogen and oxygen atoms in total. The Hall–Kier alpha value is -1.77. The Balaban J connectivity index is 1.99. The molecule has 2 aromatic carbocycles. The highest BCUT2D eigenvalue weighted by Gasteiger charge is 2.08. The van der Waals surface area contributed by atoms with Crippen molar-refractivity contribution in [2.45, 2.75) is 13.0 Å². The lowest BCUT2D eigenvalue weighted by molar-refractivity contribution is 0.104. The van der Waals surface area contributed by atoms with Crippen LogP contribution in [0.5, 0.6) is 0 Å². The van der Waals surface area contributed by atoms with Gasteiger partial charge in [-0.25, -0.2) is 0 Å². The molecule has 0 aliphatic rings. The molecule has 0 bridgehead atoms. The Morgan fingerprint density at radius 1 is 1.14 bits per heavy atom. The molecule has 0 spiro atoms. The summed E-state index contributed by atoms with van der Waals surface area (Å²) in [6.07, 6.45) is 3.11. The van der Waals surface area contributed by atoms with Crippen LogP contribution in [-0.4, -0.2) is 5.78 Å². The number of carbonyl (C=O) groups is 1. The SMILES string of the molecule is C[C@@H](N/C=C/C(=O)c1ccc(Cl)cc1Cl)c1ccccc1. The van der Waals surface area contributed by atoms with Crippen molar-refractivity contribution in [2.75, 3.05) is 0 Å². The first kappa shape index (κ1) is 15.6. The molecule has 0 amide bonds. The van der Waals surface area contributed by atoms with Gasteiger partial charge in [0, 0.05) is 28.9 Å². The van der Waals surface area contributed by atoms with Gasteiger partial charge in [-0.1, -0.05) is 53.5 Å². The van der Waals surface area contributed by atoms with E-state index in [2.05, 4.69) is 5.32 Å². The average Bonchev–Trinajstić information content (AvgIpc) is 2.47. The lowest BCUT2D eigenvalue weighted by Crippen LogP contribution is -2.12. The molecule has 2 aromatic rings. The van der Waals surface area contributed by atoms with Crippen LogP contribution in [0.3, 0.4) is 0 Å². The normalized spacial score (nSPS) is 12.3. The van der Waals surface area contributed by atoms with E-state index in [0.717, 1.165) is 5.56 Å². The molecule has 0 aromatic heterocycles. The summed E-state index contributed by atoms with van der Waals surface area (Å²) in [5.41, 5.74) is 1.59. The maximum Gasteiger partial charge on any atom is 0.188 e. The van der Waals surface area contributed by atoms with Crippen LogP contribution in [0, 0.1) is 0 Å². The van der Waals surface area contributed by atoms with E-state index in [1.165, 1.54) is 6.08 Å². The van der Waals surface area contributed by atoms with Gasteiger partial charge in [-0.3, -0.25) is 4.79 Å². The second-order valence-electron chi connectivity index (χ2n) is 4.62. The Labute approximate surface area is 134 Å². The molecule has 0 saturated carbocycles. The molecule has 4 heteroatoms. The standard InChI is InChI=1S/C17H15Cl2NO/c1-12(13-5-3-2-4-6-13)20-10-9-17(21)15-8-7-14(18)11-16(15)19/h2-12,20H,1H3/b10-9+/t12-/m1/s1. The Bertz CT molecular complexity index is 653. The second-order valence-corrected chi connectivity index (χ2v) is 5.46. The minimum Gasteiger partial charge on any atom is -0.384 e. The van der Waals surface area contributed by atoms with Gasteiger partial charge in [0.15, 0.2) is 5.78 Å². The van der Waals surface area contributed by atoms with E-state index in [1.54, 1.807) is 24.4 Å². The Morgan fingerprint density at radius 2 is 1.86 bits per heavy atom. The van der Waals surface area contributed by atoms with Gasteiger partial charge in [0.2, 0.25) is 0 Å². The average molecular weight is 320 g/mol. The van der Waals surface area contributed by atoms with Gasteiger partial charge in [0.05, 0.1) is 5.02 Å². The maximum absolute atomic E-state index is 12.0. The number of allylic oxidation sites excluding steroid dienone is 1. The highest BCUT2D eigenvalue weighted by atomic mass is 35.5. The number of hydrogen-bond donors (Lipinski definition) is 1. The second kappa shape index (κ2) is 7.30. The van der Waals surface area contributed by atoms with E-state index in [-0.39, 0.29) is 11.8 Å². The molecule has 0 heterocycles. The van der Waals surface area contributed by atoms with Crippen LogP contribution in [0.4, 0.5) is 0 Å². The fraction of sp³-hybridized carbons (Fsp3) is 0.118. The van der Waals surface area contributed by atoms with Crippen LogP contribution < -0.4 is 5.32 Å². The highest BCUT2D eigenvalue weighted by Crippen LogP contribution is 2.21. The summed E-state index contributed by atoms with van der Waals surface area (Å²) in [6.45, 7) is 2.03. The number of carbonyl (C=O) groups excluding carboxylic acids is 1. The molecular weight excluding hydrogens is 305 g/mol. The summed E-state index contributed by atoms with van der Waals surface area (Å²) in [5.74, 6) is -0.163. The topological polar surface area (TPSA) is 29.1 Å². The van der Waals surface area contributed by atoms with Gasteiger partial charge in [-0.2, -0.15) is 0 Å². The predicted molar refractivity (Wildman–Crippen MR) is 87.9 cm³/mol. The van der Waals surface area contributed by atoms with Gasteiger partial charge in [-0.05, 0) is 30.7 Å². The molecule has 0 aliphatic heterocycles. The fourth-order valence-corrected chi connectivity index (χ4v) is 2.39. The third-order valence-corrected chi connectivity index (χ3v) is 3.62. The first-order valence-corrected chi connectivity index (χ1v) is 7.30. The first-order chi connectivity index (χ1) is 10.1. The third kappa shape index (κ3) is 4.35. The monoisotopic (exact) mass is 319 g/mol. The smallest absolute Gasteiger partial charge is 0.188 e. The van der Waals surface area contributed by atoms with Crippen molar-refractivity contribution in [3.63, 3.8) is 0 Å². The zero-order valence-corrected chi connectivity index (χ0v) is 13.0. The highest BCUT2D eigenvalue weighted by molar-refractivity contribution is 6.37. The number of halogens is 2. The Kier molecular flexibility index (Phi) is 5.43. The summed E-state index contributed by atoms with van der Waals surface area (Å²) in [4.78, 5) is 12.0. The van der Waals surface area contributed by atoms with E-state index in [4.69, 9.17) is 23.2 Å². The summed E-state index contributed by atoms with van der Waals surface area (Å²) in [5, 5.41) is 4.03. The molecule has 0 aliphatic carbocycles. The van der Waals surface area contributed by atoms with E-state index < -0.39 is 0 Å². The molecule has 0 unspecified atom stereocenters. The number of nitrogens with one attached hydrogen (secondary N) is 1. The van der Waals surface area contributed by atoms with Crippen molar-refractivity contribution in [3.8, 4) is 0 Å². The van der Waals surface area contributed by atoms with Crippen molar-refractivity contribution in [1.82, 2.24) is 5.32 Å². The predicted octanol–water partition coefficient (Wildman–Crippen LogP) is 5.04. The number of rotatable bonds is 5. The molecular formula is C17H15Cl2NO. The lowest BCUT2D eigenvalue weighted by Gasteiger charge is -2.11. The van der Waals surface area contributed by atoms with E-state index >= 15 is 0 Å². The molecule has 0 radical (unpaired) electrons. The van der Waals surface area contributed by atoms with Gasteiger partial charge in [0.25, 0.3) is 0 Å². The summed E-state index contributed by atoms with van der Waals surface area (Å²) in [7, 11) is 0. The molecule has 21 heavy (non-hydrogen) atoms. The van der Waals surface area contributed by atoms with E-state index in [1.807, 2.05) is 37.3 Å². The van der Waals surface area contributed by atoms with Crippen LogP contribution >= 0.6 is 23.2 Å². The summed E-state index contributed by atoms with van der Waals surface area (Å²) < 4.78 is 0. The fourth-order valence-electron chi connectivity index (χ4n) is 1.89.